The number of benzene rings is 2. The summed E-state index contributed by atoms with van der Waals surface area (Å²) in [4.78, 5) is 12.4. The zero-order valence-corrected chi connectivity index (χ0v) is 13.9. The molecule has 0 aromatic heterocycles. The average Bonchev–Trinajstić information content (AvgIpc) is 2.88. The Balaban J connectivity index is 1.70. The van der Waals surface area contributed by atoms with Gasteiger partial charge in [-0.1, -0.05) is 6.07 Å². The van der Waals surface area contributed by atoms with Crippen molar-refractivity contribution in [2.75, 3.05) is 11.0 Å². The SMILES string of the molecule is CS(=O)(=O)Nc1ccc(C(=O)NC2CCc3cc(F)ccc32)cc1. The van der Waals surface area contributed by atoms with E-state index >= 15 is 0 Å². The van der Waals surface area contributed by atoms with E-state index in [4.69, 9.17) is 0 Å². The van der Waals surface area contributed by atoms with Gasteiger partial charge in [0.25, 0.3) is 5.91 Å². The Labute approximate surface area is 139 Å². The average molecular weight is 348 g/mol. The minimum atomic E-state index is -3.35. The molecule has 0 spiro atoms. The van der Waals surface area contributed by atoms with E-state index in [1.54, 1.807) is 18.2 Å². The number of anilines is 1. The molecule has 0 fully saturated rings. The molecule has 24 heavy (non-hydrogen) atoms. The minimum absolute atomic E-state index is 0.137. The number of amides is 1. The molecule has 126 valence electrons. The van der Waals surface area contributed by atoms with E-state index in [9.17, 15) is 17.6 Å². The summed E-state index contributed by atoms with van der Waals surface area (Å²) in [5.74, 6) is -0.516. The second-order valence-electron chi connectivity index (χ2n) is 5.86. The molecule has 0 radical (unpaired) electrons. The number of sulfonamides is 1. The van der Waals surface area contributed by atoms with E-state index in [2.05, 4.69) is 10.0 Å². The van der Waals surface area contributed by atoms with E-state index in [0.29, 0.717) is 11.3 Å². The second kappa shape index (κ2) is 6.24. The summed E-state index contributed by atoms with van der Waals surface area (Å²) in [6.07, 6.45) is 2.53. The van der Waals surface area contributed by atoms with Crippen molar-refractivity contribution < 1.29 is 17.6 Å². The molecule has 1 atom stereocenters. The first-order valence-electron chi connectivity index (χ1n) is 7.49. The van der Waals surface area contributed by atoms with Gasteiger partial charge in [-0.15, -0.1) is 0 Å². The van der Waals surface area contributed by atoms with Crippen LogP contribution in [0.4, 0.5) is 10.1 Å². The van der Waals surface area contributed by atoms with Crippen molar-refractivity contribution >= 4 is 21.6 Å². The molecule has 2 aromatic rings. The van der Waals surface area contributed by atoms with Crippen LogP contribution in [0, 0.1) is 5.82 Å². The van der Waals surface area contributed by atoms with Gasteiger partial charge in [0.05, 0.1) is 12.3 Å². The predicted molar refractivity (Wildman–Crippen MR) is 89.8 cm³/mol. The molecule has 0 saturated heterocycles. The van der Waals surface area contributed by atoms with Crippen molar-refractivity contribution in [1.82, 2.24) is 5.32 Å². The van der Waals surface area contributed by atoms with Gasteiger partial charge in [-0.2, -0.15) is 0 Å². The minimum Gasteiger partial charge on any atom is -0.345 e. The Bertz CT molecular complexity index is 879. The fourth-order valence-corrected chi connectivity index (χ4v) is 3.45. The van der Waals surface area contributed by atoms with Crippen molar-refractivity contribution in [2.24, 2.45) is 0 Å². The zero-order valence-electron chi connectivity index (χ0n) is 13.0. The maximum atomic E-state index is 13.2. The van der Waals surface area contributed by atoms with Crippen LogP contribution in [-0.2, 0) is 16.4 Å². The third-order valence-corrected chi connectivity index (χ3v) is 4.54. The van der Waals surface area contributed by atoms with Crippen LogP contribution < -0.4 is 10.0 Å². The summed E-state index contributed by atoms with van der Waals surface area (Å²) in [6.45, 7) is 0. The number of hydrogen-bond acceptors (Lipinski definition) is 3. The molecule has 0 aliphatic heterocycles. The number of rotatable bonds is 4. The lowest BCUT2D eigenvalue weighted by Crippen LogP contribution is -2.27. The van der Waals surface area contributed by atoms with Crippen molar-refractivity contribution in [3.8, 4) is 0 Å². The quantitative estimate of drug-likeness (QED) is 0.892. The summed E-state index contributed by atoms with van der Waals surface area (Å²) in [6, 6.07) is 10.7. The Morgan fingerprint density at radius 1 is 1.17 bits per heavy atom. The fourth-order valence-electron chi connectivity index (χ4n) is 2.88. The highest BCUT2D eigenvalue weighted by Crippen LogP contribution is 2.31. The van der Waals surface area contributed by atoms with Gasteiger partial charge >= 0.3 is 0 Å². The topological polar surface area (TPSA) is 75.3 Å². The van der Waals surface area contributed by atoms with Crippen molar-refractivity contribution in [3.63, 3.8) is 0 Å². The first-order chi connectivity index (χ1) is 11.3. The first-order valence-corrected chi connectivity index (χ1v) is 9.38. The molecule has 0 bridgehead atoms. The largest absolute Gasteiger partial charge is 0.345 e. The molecule has 3 rings (SSSR count). The number of hydrogen-bond donors (Lipinski definition) is 2. The van der Waals surface area contributed by atoms with Gasteiger partial charge in [-0.3, -0.25) is 9.52 Å². The summed E-state index contributed by atoms with van der Waals surface area (Å²) < 4.78 is 37.9. The molecule has 1 amide bonds. The number of nitrogens with one attached hydrogen (secondary N) is 2. The number of halogens is 1. The third-order valence-electron chi connectivity index (χ3n) is 3.94. The molecular weight excluding hydrogens is 331 g/mol. The highest BCUT2D eigenvalue weighted by Gasteiger charge is 2.24. The normalized spacial score (nSPS) is 16.5. The highest BCUT2D eigenvalue weighted by atomic mass is 32.2. The maximum Gasteiger partial charge on any atom is 0.251 e. The molecule has 5 nitrogen and oxygen atoms in total. The van der Waals surface area contributed by atoms with Crippen molar-refractivity contribution in [2.45, 2.75) is 18.9 Å². The molecule has 7 heteroatoms. The summed E-state index contributed by atoms with van der Waals surface area (Å²) >= 11 is 0. The summed E-state index contributed by atoms with van der Waals surface area (Å²) in [7, 11) is -3.35. The molecule has 1 aliphatic carbocycles. The lowest BCUT2D eigenvalue weighted by Gasteiger charge is -2.14. The van der Waals surface area contributed by atoms with E-state index < -0.39 is 10.0 Å². The third kappa shape index (κ3) is 3.73. The first kappa shape index (κ1) is 16.4. The monoisotopic (exact) mass is 348 g/mol. The Hall–Kier alpha value is -2.41. The van der Waals surface area contributed by atoms with Crippen LogP contribution in [0.2, 0.25) is 0 Å². The molecule has 1 unspecified atom stereocenters. The van der Waals surface area contributed by atoms with E-state index in [-0.39, 0.29) is 17.8 Å². The van der Waals surface area contributed by atoms with E-state index in [1.807, 2.05) is 0 Å². The summed E-state index contributed by atoms with van der Waals surface area (Å²) in [5.41, 5.74) is 2.70. The lowest BCUT2D eigenvalue weighted by atomic mass is 10.1. The van der Waals surface area contributed by atoms with Crippen molar-refractivity contribution in [3.05, 3.63) is 65.0 Å². The highest BCUT2D eigenvalue weighted by molar-refractivity contribution is 7.92. The summed E-state index contributed by atoms with van der Waals surface area (Å²) in [5, 5.41) is 2.94. The van der Waals surface area contributed by atoms with Crippen LogP contribution in [0.15, 0.2) is 42.5 Å². The number of fused-ring (bicyclic) bond motifs is 1. The van der Waals surface area contributed by atoms with E-state index in [0.717, 1.165) is 30.2 Å². The standard InChI is InChI=1S/C17H17FN2O3S/c1-24(22,23)20-14-6-2-11(3-7-14)17(21)19-16-9-4-12-10-13(18)5-8-15(12)16/h2-3,5-8,10,16,20H,4,9H2,1H3,(H,19,21). The molecule has 0 heterocycles. The Morgan fingerprint density at radius 2 is 1.88 bits per heavy atom. The van der Waals surface area contributed by atoms with Crippen molar-refractivity contribution in [1.29, 1.82) is 0 Å². The Morgan fingerprint density at radius 3 is 2.54 bits per heavy atom. The lowest BCUT2D eigenvalue weighted by molar-refractivity contribution is 0.0936. The van der Waals surface area contributed by atoms with E-state index in [1.165, 1.54) is 24.3 Å². The second-order valence-corrected chi connectivity index (χ2v) is 7.61. The van der Waals surface area contributed by atoms with Gasteiger partial charge in [0.2, 0.25) is 10.0 Å². The number of aryl methyl sites for hydroxylation is 1. The zero-order chi connectivity index (χ0) is 17.3. The van der Waals surface area contributed by atoms with Crippen LogP contribution in [0.3, 0.4) is 0 Å². The molecule has 1 aliphatic rings. The Kier molecular flexibility index (Phi) is 4.28. The van der Waals surface area contributed by atoms with Crippen LogP contribution in [0.5, 0.6) is 0 Å². The van der Waals surface area contributed by atoms with Crippen LogP contribution >= 0.6 is 0 Å². The number of carbonyl (C=O) groups excluding carboxylic acids is 1. The van der Waals surface area contributed by atoms with Gasteiger partial charge in [-0.05, 0) is 60.4 Å². The van der Waals surface area contributed by atoms with Crippen LogP contribution in [-0.4, -0.2) is 20.6 Å². The molecule has 2 N–H and O–H groups in total. The smallest absolute Gasteiger partial charge is 0.251 e. The number of carbonyl (C=O) groups is 1. The maximum absolute atomic E-state index is 13.2. The van der Waals surface area contributed by atoms with Gasteiger partial charge in [0.1, 0.15) is 5.82 Å². The molecule has 0 saturated carbocycles. The van der Waals surface area contributed by atoms with Crippen LogP contribution in [0.1, 0.15) is 33.9 Å². The predicted octanol–water partition coefficient (Wildman–Crippen LogP) is 2.61. The fraction of sp³-hybridized carbons (Fsp3) is 0.235. The van der Waals surface area contributed by atoms with Gasteiger partial charge in [0, 0.05) is 11.3 Å². The van der Waals surface area contributed by atoms with Gasteiger partial charge in [-0.25, -0.2) is 12.8 Å². The molecular formula is C17H17FN2O3S. The van der Waals surface area contributed by atoms with Gasteiger partial charge < -0.3 is 5.32 Å². The van der Waals surface area contributed by atoms with Crippen LogP contribution in [0.25, 0.3) is 0 Å². The van der Waals surface area contributed by atoms with Gasteiger partial charge in [0.15, 0.2) is 0 Å². The molecule has 2 aromatic carbocycles.